The van der Waals surface area contributed by atoms with Crippen LogP contribution in [0.15, 0.2) is 72.5 Å². The third-order valence-corrected chi connectivity index (χ3v) is 14.6. The second kappa shape index (κ2) is 15.6. The van der Waals surface area contributed by atoms with Crippen molar-refractivity contribution in [2.75, 3.05) is 19.0 Å². The Morgan fingerprint density at radius 3 is 2.47 bits per heavy atom. The number of hydrogen-bond acceptors (Lipinski definition) is 5. The molecule has 0 saturated heterocycles. The van der Waals surface area contributed by atoms with Crippen LogP contribution in [0.1, 0.15) is 133 Å². The molecule has 0 unspecified atom stereocenters. The average Bonchev–Trinajstić information content (AvgIpc) is 3.77. The molecule has 1 heterocycles. The van der Waals surface area contributed by atoms with Crippen LogP contribution in [0.4, 0.5) is 5.69 Å². The number of rotatable bonds is 13. The van der Waals surface area contributed by atoms with Crippen molar-refractivity contribution in [2.24, 2.45) is 46.3 Å². The molecule has 284 valence electrons. The van der Waals surface area contributed by atoms with E-state index >= 15 is 0 Å². The van der Waals surface area contributed by atoms with Gasteiger partial charge in [-0.25, -0.2) is 4.68 Å². The molecule has 8 atom stereocenters. The van der Waals surface area contributed by atoms with Gasteiger partial charge in [-0.2, -0.15) is 0 Å². The van der Waals surface area contributed by atoms with Gasteiger partial charge in [0.15, 0.2) is 5.78 Å². The minimum Gasteiger partial charge on any atom is -0.487 e. The summed E-state index contributed by atoms with van der Waals surface area (Å²) in [5.41, 5.74) is 6.14. The monoisotopic (exact) mass is 717 g/mol. The quantitative estimate of drug-likeness (QED) is 0.100. The van der Waals surface area contributed by atoms with E-state index in [1.54, 1.807) is 11.6 Å². The molecule has 1 aromatic heterocycles. The Labute approximate surface area is 319 Å². The molecule has 53 heavy (non-hydrogen) atoms. The van der Waals surface area contributed by atoms with Crippen molar-refractivity contribution in [2.45, 2.75) is 118 Å². The maximum absolute atomic E-state index is 12.8. The lowest BCUT2D eigenvalue weighted by Gasteiger charge is -2.58. The van der Waals surface area contributed by atoms with Gasteiger partial charge in [-0.1, -0.05) is 89.0 Å². The van der Waals surface area contributed by atoms with E-state index in [0.29, 0.717) is 34.8 Å². The molecule has 6 heteroatoms. The minimum atomic E-state index is -0.0324. The number of anilines is 1. The second-order valence-electron chi connectivity index (χ2n) is 18.4. The predicted molar refractivity (Wildman–Crippen MR) is 217 cm³/mol. The molecule has 0 bridgehead atoms. The smallest absolute Gasteiger partial charge is 0.185 e. The number of hydrogen-bond donors (Lipinski definition) is 0. The Morgan fingerprint density at radius 1 is 0.962 bits per heavy atom. The molecule has 0 N–H and O–H groups in total. The fourth-order valence-corrected chi connectivity index (χ4v) is 11.5. The van der Waals surface area contributed by atoms with Crippen LogP contribution < -0.4 is 9.64 Å². The number of fused-ring (bicyclic) bond motifs is 5. The molecular formula is C47H64N4O2. The summed E-state index contributed by atoms with van der Waals surface area (Å²) in [6.07, 6.45) is 23.0. The number of ketones is 1. The maximum Gasteiger partial charge on any atom is 0.185 e. The molecule has 4 aliphatic carbocycles. The van der Waals surface area contributed by atoms with Crippen molar-refractivity contribution in [3.63, 3.8) is 0 Å². The summed E-state index contributed by atoms with van der Waals surface area (Å²) in [7, 11) is 4.03. The third kappa shape index (κ3) is 7.80. The SMILES string of the molecule is CC(C)CCC[C@@H](C)[C@H]1CC[C@H]2[C@@H]3CC=C4C[C@@H](n5cc(COc6ccc(C(=O)/C=C/c7ccc(N(C)C)cc7)cc6)nn5)CC[C@]4(C)[C@H]3CC[C@]12C. The number of carbonyl (C=O) groups excluding carboxylic acids is 1. The Balaban J connectivity index is 0.921. The van der Waals surface area contributed by atoms with Crippen molar-refractivity contribution in [3.05, 3.63) is 89.3 Å². The zero-order valence-corrected chi connectivity index (χ0v) is 33.6. The molecule has 3 fully saturated rings. The van der Waals surface area contributed by atoms with Crippen molar-refractivity contribution in [1.82, 2.24) is 15.0 Å². The fourth-order valence-electron chi connectivity index (χ4n) is 11.5. The van der Waals surface area contributed by atoms with Gasteiger partial charge in [-0.05, 0) is 146 Å². The van der Waals surface area contributed by atoms with Crippen LogP contribution in [-0.4, -0.2) is 34.9 Å². The summed E-state index contributed by atoms with van der Waals surface area (Å²) < 4.78 is 8.19. The number of nitrogens with zero attached hydrogens (tertiary/aromatic N) is 4. The van der Waals surface area contributed by atoms with E-state index in [1.165, 1.54) is 57.8 Å². The van der Waals surface area contributed by atoms with E-state index in [4.69, 9.17) is 4.74 Å². The molecule has 0 radical (unpaired) electrons. The highest BCUT2D eigenvalue weighted by Gasteiger charge is 2.59. The Morgan fingerprint density at radius 2 is 1.74 bits per heavy atom. The zero-order chi connectivity index (χ0) is 37.3. The molecule has 3 aromatic rings. The van der Waals surface area contributed by atoms with Crippen molar-refractivity contribution in [1.29, 1.82) is 0 Å². The van der Waals surface area contributed by atoms with Gasteiger partial charge < -0.3 is 9.64 Å². The first-order chi connectivity index (χ1) is 25.4. The average molecular weight is 717 g/mol. The van der Waals surface area contributed by atoms with Gasteiger partial charge >= 0.3 is 0 Å². The number of carbonyl (C=O) groups is 1. The Kier molecular flexibility index (Phi) is 11.1. The van der Waals surface area contributed by atoms with Gasteiger partial charge in [0.25, 0.3) is 0 Å². The number of aromatic nitrogens is 3. The van der Waals surface area contributed by atoms with E-state index in [2.05, 4.69) is 66.8 Å². The van der Waals surface area contributed by atoms with Crippen LogP contribution in [-0.2, 0) is 6.61 Å². The first-order valence-electron chi connectivity index (χ1n) is 20.8. The van der Waals surface area contributed by atoms with Gasteiger partial charge in [0.1, 0.15) is 18.1 Å². The van der Waals surface area contributed by atoms with E-state index in [-0.39, 0.29) is 5.78 Å². The molecule has 0 spiro atoms. The molecule has 3 saturated carbocycles. The van der Waals surface area contributed by atoms with Crippen LogP contribution >= 0.6 is 0 Å². The highest BCUT2D eigenvalue weighted by molar-refractivity contribution is 6.06. The highest BCUT2D eigenvalue weighted by Crippen LogP contribution is 2.67. The Hall–Kier alpha value is -3.67. The van der Waals surface area contributed by atoms with E-state index in [1.807, 2.05) is 68.7 Å². The molecule has 4 aliphatic rings. The molecule has 7 rings (SSSR count). The van der Waals surface area contributed by atoms with Gasteiger partial charge in [-0.3, -0.25) is 4.79 Å². The number of benzene rings is 2. The third-order valence-electron chi connectivity index (χ3n) is 14.6. The van der Waals surface area contributed by atoms with E-state index < -0.39 is 0 Å². The number of allylic oxidation sites excluding steroid dienone is 3. The minimum absolute atomic E-state index is 0.0324. The number of ether oxygens (including phenoxy) is 1. The van der Waals surface area contributed by atoms with Gasteiger partial charge in [0.2, 0.25) is 0 Å². The van der Waals surface area contributed by atoms with Crippen LogP contribution in [0.5, 0.6) is 5.75 Å². The van der Waals surface area contributed by atoms with Gasteiger partial charge in [-0.15, -0.1) is 5.10 Å². The van der Waals surface area contributed by atoms with Crippen LogP contribution in [0.3, 0.4) is 0 Å². The second-order valence-corrected chi connectivity index (χ2v) is 18.4. The van der Waals surface area contributed by atoms with Crippen molar-refractivity contribution in [3.8, 4) is 5.75 Å². The lowest BCUT2D eigenvalue weighted by atomic mass is 9.47. The topological polar surface area (TPSA) is 60.2 Å². The molecule has 6 nitrogen and oxygen atoms in total. The summed E-state index contributed by atoms with van der Waals surface area (Å²) in [4.78, 5) is 14.8. The molecule has 2 aromatic carbocycles. The summed E-state index contributed by atoms with van der Waals surface area (Å²) in [5.74, 6) is 5.86. The standard InChI is InChI=1S/C47H64N4O2/c1-32(2)9-8-10-33(3)42-22-23-43-41-21-16-36-29-39(25-27-46(36,4)44(41)26-28-47(42,43)5)51-30-37(48-49-51)31-53-40-19-14-35(15-20-40)45(52)24-13-34-11-17-38(18-12-34)50(6)7/h11-20,24,30,32-33,39,41-44H,8-10,21-23,25-29,31H2,1-7H3/b24-13+/t33-,39+,41+,42-,43+,44+,46+,47-/m1/s1. The lowest BCUT2D eigenvalue weighted by Crippen LogP contribution is -2.50. The van der Waals surface area contributed by atoms with Crippen LogP contribution in [0, 0.1) is 46.3 Å². The molecule has 0 aliphatic heterocycles. The Bertz CT molecular complexity index is 1770. The summed E-state index contributed by atoms with van der Waals surface area (Å²) in [6, 6.07) is 15.8. The summed E-state index contributed by atoms with van der Waals surface area (Å²) >= 11 is 0. The largest absolute Gasteiger partial charge is 0.487 e. The molecular weight excluding hydrogens is 653 g/mol. The van der Waals surface area contributed by atoms with E-state index in [9.17, 15) is 4.79 Å². The highest BCUT2D eigenvalue weighted by atomic mass is 16.5. The zero-order valence-electron chi connectivity index (χ0n) is 33.6. The van der Waals surface area contributed by atoms with Gasteiger partial charge in [0.05, 0.1) is 12.2 Å². The first kappa shape index (κ1) is 37.6. The van der Waals surface area contributed by atoms with Crippen LogP contribution in [0.25, 0.3) is 6.08 Å². The van der Waals surface area contributed by atoms with Crippen molar-refractivity contribution < 1.29 is 9.53 Å². The lowest BCUT2D eigenvalue weighted by molar-refractivity contribution is -0.0526. The summed E-state index contributed by atoms with van der Waals surface area (Å²) in [6.45, 7) is 13.0. The van der Waals surface area contributed by atoms with Gasteiger partial charge in [0, 0.05) is 25.3 Å². The summed E-state index contributed by atoms with van der Waals surface area (Å²) in [5, 5.41) is 9.10. The first-order valence-corrected chi connectivity index (χ1v) is 20.8. The molecule has 0 amide bonds. The predicted octanol–water partition coefficient (Wildman–Crippen LogP) is 11.4. The van der Waals surface area contributed by atoms with Crippen LogP contribution in [0.2, 0.25) is 0 Å². The fraction of sp³-hybridized carbons (Fsp3) is 0.596. The van der Waals surface area contributed by atoms with Crippen molar-refractivity contribution >= 4 is 17.5 Å². The maximum atomic E-state index is 12.8. The van der Waals surface area contributed by atoms with E-state index in [0.717, 1.165) is 65.3 Å². The normalized spacial score (nSPS) is 30.0.